The summed E-state index contributed by atoms with van der Waals surface area (Å²) in [5.41, 5.74) is 1.16. The van der Waals surface area contributed by atoms with Gasteiger partial charge in [-0.2, -0.15) is 0 Å². The highest BCUT2D eigenvalue weighted by molar-refractivity contribution is 7.90. The third kappa shape index (κ3) is 2.74. The third-order valence-electron chi connectivity index (χ3n) is 4.62. The van der Waals surface area contributed by atoms with Gasteiger partial charge in [0.25, 0.3) is 15.9 Å². The zero-order chi connectivity index (χ0) is 19.9. The van der Waals surface area contributed by atoms with Crippen molar-refractivity contribution in [3.05, 3.63) is 72.6 Å². The van der Waals surface area contributed by atoms with Crippen LogP contribution in [0.25, 0.3) is 21.8 Å². The second-order valence-electron chi connectivity index (χ2n) is 6.17. The van der Waals surface area contributed by atoms with Gasteiger partial charge in [-0.1, -0.05) is 24.3 Å². The van der Waals surface area contributed by atoms with Crippen LogP contribution in [0.1, 0.15) is 10.4 Å². The largest absolute Gasteiger partial charge is 0.277 e. The standard InChI is InChI=1S/C20H17N3O4S/c1-22(27-2)20(24)16-8-4-9-17-15(16)11-13-23(17)28(25,26)18-10-3-6-14-7-5-12-21-19(14)18/h3-13H,1-2H3. The number of pyridine rings is 1. The number of hydrogen-bond acceptors (Lipinski definition) is 5. The predicted octanol–water partition coefficient (Wildman–Crippen LogP) is 3.06. The first kappa shape index (κ1) is 18.1. The summed E-state index contributed by atoms with van der Waals surface area (Å²) in [7, 11) is -1.03. The second kappa shape index (κ2) is 6.74. The summed E-state index contributed by atoms with van der Waals surface area (Å²) in [6, 6.07) is 15.2. The minimum atomic E-state index is -3.92. The van der Waals surface area contributed by atoms with Gasteiger partial charge in [-0.25, -0.2) is 17.5 Å². The molecule has 0 atom stereocenters. The summed E-state index contributed by atoms with van der Waals surface area (Å²) < 4.78 is 28.0. The van der Waals surface area contributed by atoms with Crippen LogP contribution in [-0.4, -0.2) is 42.5 Å². The van der Waals surface area contributed by atoms with Crippen LogP contribution in [0.2, 0.25) is 0 Å². The summed E-state index contributed by atoms with van der Waals surface area (Å²) >= 11 is 0. The summed E-state index contributed by atoms with van der Waals surface area (Å²) in [4.78, 5) is 21.8. The first-order valence-electron chi connectivity index (χ1n) is 8.46. The van der Waals surface area contributed by atoms with E-state index in [2.05, 4.69) is 4.98 Å². The average molecular weight is 395 g/mol. The Bertz CT molecular complexity index is 1310. The van der Waals surface area contributed by atoms with Gasteiger partial charge in [-0.05, 0) is 30.3 Å². The lowest BCUT2D eigenvalue weighted by atomic mass is 10.1. The Morgan fingerprint density at radius 3 is 2.61 bits per heavy atom. The number of fused-ring (bicyclic) bond motifs is 2. The van der Waals surface area contributed by atoms with Gasteiger partial charge in [-0.3, -0.25) is 14.6 Å². The summed E-state index contributed by atoms with van der Waals surface area (Å²) in [6.07, 6.45) is 3.01. The number of benzene rings is 2. The Balaban J connectivity index is 1.93. The molecule has 0 N–H and O–H groups in total. The SMILES string of the molecule is CON(C)C(=O)c1cccc2c1ccn2S(=O)(=O)c1cccc2cccnc12. The Hall–Kier alpha value is -3.23. The van der Waals surface area contributed by atoms with Gasteiger partial charge in [0.1, 0.15) is 4.90 Å². The van der Waals surface area contributed by atoms with Crippen molar-refractivity contribution in [2.75, 3.05) is 14.2 Å². The highest BCUT2D eigenvalue weighted by Gasteiger charge is 2.24. The van der Waals surface area contributed by atoms with Crippen molar-refractivity contribution in [1.29, 1.82) is 0 Å². The van der Waals surface area contributed by atoms with Crippen molar-refractivity contribution in [2.45, 2.75) is 4.90 Å². The Kier molecular flexibility index (Phi) is 4.37. The lowest BCUT2D eigenvalue weighted by Gasteiger charge is -2.14. The highest BCUT2D eigenvalue weighted by atomic mass is 32.2. The first-order chi connectivity index (χ1) is 13.4. The van der Waals surface area contributed by atoms with E-state index in [9.17, 15) is 13.2 Å². The molecule has 142 valence electrons. The van der Waals surface area contributed by atoms with Gasteiger partial charge in [0.05, 0.1) is 23.7 Å². The fourth-order valence-corrected chi connectivity index (χ4v) is 4.70. The van der Waals surface area contributed by atoms with E-state index in [0.29, 0.717) is 22.0 Å². The molecule has 1 amide bonds. The molecule has 0 fully saturated rings. The van der Waals surface area contributed by atoms with Crippen molar-refractivity contribution in [3.63, 3.8) is 0 Å². The van der Waals surface area contributed by atoms with E-state index in [1.165, 1.54) is 30.4 Å². The van der Waals surface area contributed by atoms with Crippen LogP contribution in [-0.2, 0) is 14.9 Å². The van der Waals surface area contributed by atoms with E-state index in [-0.39, 0.29) is 10.8 Å². The van der Waals surface area contributed by atoms with Crippen LogP contribution in [0, 0.1) is 0 Å². The van der Waals surface area contributed by atoms with Gasteiger partial charge < -0.3 is 0 Å². The van der Waals surface area contributed by atoms with Gasteiger partial charge in [0, 0.05) is 30.2 Å². The lowest BCUT2D eigenvalue weighted by Crippen LogP contribution is -2.25. The van der Waals surface area contributed by atoms with Gasteiger partial charge in [-0.15, -0.1) is 0 Å². The second-order valence-corrected chi connectivity index (χ2v) is 7.95. The lowest BCUT2D eigenvalue weighted by molar-refractivity contribution is -0.0755. The maximum Gasteiger partial charge on any atom is 0.277 e. The molecule has 28 heavy (non-hydrogen) atoms. The molecule has 0 aliphatic carbocycles. The van der Waals surface area contributed by atoms with Gasteiger partial charge in [0.2, 0.25) is 0 Å². The Morgan fingerprint density at radius 2 is 1.82 bits per heavy atom. The molecule has 0 saturated carbocycles. The normalized spacial score (nSPS) is 11.8. The first-order valence-corrected chi connectivity index (χ1v) is 9.90. The maximum absolute atomic E-state index is 13.4. The molecule has 2 aromatic carbocycles. The number of para-hydroxylation sites is 1. The minimum Gasteiger partial charge on any atom is -0.274 e. The number of rotatable bonds is 4. The van der Waals surface area contributed by atoms with E-state index in [4.69, 9.17) is 4.84 Å². The smallest absolute Gasteiger partial charge is 0.274 e. The monoisotopic (exact) mass is 395 g/mol. The molecule has 4 aromatic rings. The fraction of sp³-hybridized carbons (Fsp3) is 0.100. The van der Waals surface area contributed by atoms with Crippen LogP contribution >= 0.6 is 0 Å². The molecule has 0 radical (unpaired) electrons. The number of aromatic nitrogens is 2. The van der Waals surface area contributed by atoms with Crippen LogP contribution in [0.15, 0.2) is 71.9 Å². The van der Waals surface area contributed by atoms with Crippen LogP contribution in [0.5, 0.6) is 0 Å². The van der Waals surface area contributed by atoms with Gasteiger partial charge in [0.15, 0.2) is 0 Å². The molecule has 0 unspecified atom stereocenters. The number of amides is 1. The summed E-state index contributed by atoms with van der Waals surface area (Å²) in [5, 5.41) is 2.35. The summed E-state index contributed by atoms with van der Waals surface area (Å²) in [5.74, 6) is -0.366. The molecule has 7 nitrogen and oxygen atoms in total. The molecule has 4 rings (SSSR count). The molecular weight excluding hydrogens is 378 g/mol. The zero-order valence-corrected chi connectivity index (χ0v) is 16.1. The zero-order valence-electron chi connectivity index (χ0n) is 15.2. The number of carbonyl (C=O) groups is 1. The maximum atomic E-state index is 13.4. The van der Waals surface area contributed by atoms with E-state index in [1.54, 1.807) is 42.6 Å². The molecule has 0 saturated heterocycles. The quantitative estimate of drug-likeness (QED) is 0.496. The predicted molar refractivity (Wildman–Crippen MR) is 105 cm³/mol. The molecule has 0 bridgehead atoms. The number of hydroxylamine groups is 2. The minimum absolute atomic E-state index is 0.105. The van der Waals surface area contributed by atoms with E-state index in [0.717, 1.165) is 10.4 Å². The van der Waals surface area contributed by atoms with Crippen LogP contribution < -0.4 is 0 Å². The van der Waals surface area contributed by atoms with Gasteiger partial charge >= 0.3 is 0 Å². The van der Waals surface area contributed by atoms with Crippen molar-refractivity contribution in [3.8, 4) is 0 Å². The Labute approximate surface area is 161 Å². The molecule has 0 spiro atoms. The third-order valence-corrected chi connectivity index (χ3v) is 6.34. The van der Waals surface area contributed by atoms with Crippen molar-refractivity contribution < 1.29 is 18.0 Å². The average Bonchev–Trinajstić information content (AvgIpc) is 3.17. The van der Waals surface area contributed by atoms with Crippen molar-refractivity contribution in [1.82, 2.24) is 14.0 Å². The molecular formula is C20H17N3O4S. The van der Waals surface area contributed by atoms with E-state index >= 15 is 0 Å². The molecule has 8 heteroatoms. The number of nitrogens with zero attached hydrogens (tertiary/aromatic N) is 3. The van der Waals surface area contributed by atoms with E-state index in [1.807, 2.05) is 12.1 Å². The molecule has 2 aromatic heterocycles. The fourth-order valence-electron chi connectivity index (χ4n) is 3.18. The highest BCUT2D eigenvalue weighted by Crippen LogP contribution is 2.28. The molecule has 0 aliphatic rings. The van der Waals surface area contributed by atoms with Crippen molar-refractivity contribution >= 4 is 37.7 Å². The topological polar surface area (TPSA) is 81.5 Å². The van der Waals surface area contributed by atoms with Crippen LogP contribution in [0.3, 0.4) is 0 Å². The van der Waals surface area contributed by atoms with Crippen molar-refractivity contribution in [2.24, 2.45) is 0 Å². The number of hydrogen-bond donors (Lipinski definition) is 0. The molecule has 2 heterocycles. The number of carbonyl (C=O) groups excluding carboxylic acids is 1. The summed E-state index contributed by atoms with van der Waals surface area (Å²) in [6.45, 7) is 0. The van der Waals surface area contributed by atoms with E-state index < -0.39 is 10.0 Å². The Morgan fingerprint density at radius 1 is 1.07 bits per heavy atom. The van der Waals surface area contributed by atoms with Crippen LogP contribution in [0.4, 0.5) is 0 Å². The molecule has 0 aliphatic heterocycles.